The molecule has 0 aliphatic rings. The van der Waals surface area contributed by atoms with Crippen molar-refractivity contribution < 1.29 is 15.0 Å². The Labute approximate surface area is 122 Å². The maximum absolute atomic E-state index is 11.9. The molecule has 0 bridgehead atoms. The van der Waals surface area contributed by atoms with E-state index in [1.165, 1.54) is 18.5 Å². The highest BCUT2D eigenvalue weighted by molar-refractivity contribution is 6.04. The number of aliphatic hydroxyl groups excluding tert-OH is 1. The molecule has 106 valence electrons. The normalized spacial score (nSPS) is 9.57. The summed E-state index contributed by atoms with van der Waals surface area (Å²) in [5.41, 5.74) is 1.71. The second-order valence-electron chi connectivity index (χ2n) is 4.24. The molecular weight excluding hydrogens is 268 g/mol. The van der Waals surface area contributed by atoms with Gasteiger partial charge in [0.05, 0.1) is 18.4 Å². The largest absolute Gasteiger partial charge is 0.506 e. The highest BCUT2D eigenvalue weighted by Gasteiger charge is 2.07. The smallest absolute Gasteiger partial charge is 0.257 e. The number of pyridine rings is 1. The summed E-state index contributed by atoms with van der Waals surface area (Å²) in [7, 11) is 0. The number of aliphatic hydroxyl groups is 1. The second-order valence-corrected chi connectivity index (χ2v) is 4.24. The molecular formula is C16H14N2O3. The number of anilines is 1. The van der Waals surface area contributed by atoms with Crippen molar-refractivity contribution in [3.8, 4) is 17.6 Å². The molecule has 0 fully saturated rings. The van der Waals surface area contributed by atoms with Gasteiger partial charge in [-0.3, -0.25) is 9.78 Å². The lowest BCUT2D eigenvalue weighted by molar-refractivity contribution is 0.102. The number of amides is 1. The van der Waals surface area contributed by atoms with Crippen LogP contribution >= 0.6 is 0 Å². The van der Waals surface area contributed by atoms with Crippen molar-refractivity contribution in [1.29, 1.82) is 0 Å². The third-order valence-electron chi connectivity index (χ3n) is 2.60. The van der Waals surface area contributed by atoms with Crippen LogP contribution in [-0.4, -0.2) is 27.7 Å². The molecule has 0 aliphatic carbocycles. The predicted octanol–water partition coefficient (Wildman–Crippen LogP) is 1.77. The lowest BCUT2D eigenvalue weighted by Gasteiger charge is -2.05. The topological polar surface area (TPSA) is 82.5 Å². The summed E-state index contributed by atoms with van der Waals surface area (Å²) in [5.74, 6) is 5.31. The van der Waals surface area contributed by atoms with Crippen LogP contribution in [0.5, 0.6) is 5.75 Å². The lowest BCUT2D eigenvalue weighted by atomic mass is 10.2. The molecule has 2 rings (SSSR count). The number of nitrogens with one attached hydrogen (secondary N) is 1. The van der Waals surface area contributed by atoms with Crippen molar-refractivity contribution >= 4 is 11.6 Å². The molecule has 1 heterocycles. The number of carbonyl (C=O) groups excluding carboxylic acids is 1. The van der Waals surface area contributed by atoms with E-state index in [4.69, 9.17) is 5.11 Å². The van der Waals surface area contributed by atoms with Gasteiger partial charge in [0.1, 0.15) is 5.75 Å². The zero-order chi connectivity index (χ0) is 15.1. The number of hydrogen-bond donors (Lipinski definition) is 3. The summed E-state index contributed by atoms with van der Waals surface area (Å²) in [5, 5.41) is 20.6. The first-order chi connectivity index (χ1) is 10.2. The van der Waals surface area contributed by atoms with Crippen LogP contribution < -0.4 is 5.32 Å². The molecule has 1 amide bonds. The van der Waals surface area contributed by atoms with Gasteiger partial charge in [-0.05, 0) is 30.3 Å². The van der Waals surface area contributed by atoms with Crippen LogP contribution in [0.4, 0.5) is 5.69 Å². The molecule has 0 radical (unpaired) electrons. The molecule has 1 aromatic heterocycles. The average Bonchev–Trinajstić information content (AvgIpc) is 2.49. The van der Waals surface area contributed by atoms with Gasteiger partial charge in [0.15, 0.2) is 0 Å². The van der Waals surface area contributed by atoms with E-state index in [0.717, 1.165) is 5.56 Å². The fourth-order valence-corrected chi connectivity index (χ4v) is 1.61. The van der Waals surface area contributed by atoms with E-state index in [1.807, 2.05) is 0 Å². The van der Waals surface area contributed by atoms with Crippen LogP contribution in [0.3, 0.4) is 0 Å². The molecule has 0 saturated heterocycles. The van der Waals surface area contributed by atoms with Crippen molar-refractivity contribution in [2.24, 2.45) is 0 Å². The minimum Gasteiger partial charge on any atom is -0.506 e. The zero-order valence-electron chi connectivity index (χ0n) is 11.2. The Kier molecular flexibility index (Phi) is 4.91. The van der Waals surface area contributed by atoms with E-state index >= 15 is 0 Å². The monoisotopic (exact) mass is 282 g/mol. The predicted molar refractivity (Wildman–Crippen MR) is 78.9 cm³/mol. The molecule has 0 atom stereocenters. The number of carbonyl (C=O) groups is 1. The maximum atomic E-state index is 11.9. The first-order valence-corrected chi connectivity index (χ1v) is 6.34. The average molecular weight is 282 g/mol. The van der Waals surface area contributed by atoms with Crippen molar-refractivity contribution in [3.05, 3.63) is 53.9 Å². The number of nitrogens with zero attached hydrogens (tertiary/aromatic N) is 1. The maximum Gasteiger partial charge on any atom is 0.257 e. The Hall–Kier alpha value is -2.84. The third-order valence-corrected chi connectivity index (χ3v) is 2.60. The number of hydrogen-bond acceptors (Lipinski definition) is 4. The molecule has 0 aliphatic heterocycles. The highest BCUT2D eigenvalue weighted by Crippen LogP contribution is 2.13. The molecule has 1 aromatic carbocycles. The van der Waals surface area contributed by atoms with E-state index in [9.17, 15) is 9.90 Å². The van der Waals surface area contributed by atoms with Gasteiger partial charge in [-0.25, -0.2) is 0 Å². The minimum atomic E-state index is -0.350. The van der Waals surface area contributed by atoms with E-state index < -0.39 is 0 Å². The molecule has 0 saturated carbocycles. The van der Waals surface area contributed by atoms with Gasteiger partial charge in [-0.15, -0.1) is 0 Å². The highest BCUT2D eigenvalue weighted by atomic mass is 16.3. The van der Waals surface area contributed by atoms with Gasteiger partial charge < -0.3 is 15.5 Å². The quantitative estimate of drug-likeness (QED) is 0.749. The Morgan fingerprint density at radius 2 is 2.00 bits per heavy atom. The van der Waals surface area contributed by atoms with E-state index in [2.05, 4.69) is 22.1 Å². The Bertz CT molecular complexity index is 685. The number of benzene rings is 1. The van der Waals surface area contributed by atoms with Gasteiger partial charge in [-0.2, -0.15) is 0 Å². The Morgan fingerprint density at radius 3 is 2.67 bits per heavy atom. The first kappa shape index (κ1) is 14.6. The molecule has 5 heteroatoms. The van der Waals surface area contributed by atoms with Crippen molar-refractivity contribution in [3.63, 3.8) is 0 Å². The minimum absolute atomic E-state index is 0.0408. The molecule has 21 heavy (non-hydrogen) atoms. The zero-order valence-corrected chi connectivity index (χ0v) is 11.2. The first-order valence-electron chi connectivity index (χ1n) is 6.34. The van der Waals surface area contributed by atoms with Crippen LogP contribution in [-0.2, 0) is 0 Å². The molecule has 0 unspecified atom stereocenters. The van der Waals surface area contributed by atoms with Crippen molar-refractivity contribution in [1.82, 2.24) is 4.98 Å². The fourth-order valence-electron chi connectivity index (χ4n) is 1.61. The summed E-state index contributed by atoms with van der Waals surface area (Å²) in [4.78, 5) is 15.7. The van der Waals surface area contributed by atoms with Crippen LogP contribution in [0.25, 0.3) is 0 Å². The van der Waals surface area contributed by atoms with Gasteiger partial charge >= 0.3 is 0 Å². The summed E-state index contributed by atoms with van der Waals surface area (Å²) in [6.07, 6.45) is 3.07. The summed E-state index contributed by atoms with van der Waals surface area (Å²) < 4.78 is 0. The Balaban J connectivity index is 2.04. The number of aromatic nitrogens is 1. The molecule has 0 spiro atoms. The van der Waals surface area contributed by atoms with Gasteiger partial charge in [0.25, 0.3) is 5.91 Å². The van der Waals surface area contributed by atoms with Crippen LogP contribution in [0, 0.1) is 11.8 Å². The van der Waals surface area contributed by atoms with Gasteiger partial charge in [0.2, 0.25) is 0 Å². The van der Waals surface area contributed by atoms with Crippen molar-refractivity contribution in [2.45, 2.75) is 6.42 Å². The third kappa shape index (κ3) is 4.34. The summed E-state index contributed by atoms with van der Waals surface area (Å²) in [6, 6.07) is 8.37. The standard InChI is InChI=1S/C16H14N2O3/c19-8-2-1-3-12-4-6-14(7-5-12)18-16(21)13-9-15(20)11-17-10-13/h4-7,9-11,19-20H,2,8H2,(H,18,21). The van der Waals surface area contributed by atoms with Crippen LogP contribution in [0.15, 0.2) is 42.7 Å². The molecule has 2 aromatic rings. The SMILES string of the molecule is O=C(Nc1ccc(C#CCCO)cc1)c1cncc(O)c1. The van der Waals surface area contributed by atoms with Crippen molar-refractivity contribution in [2.75, 3.05) is 11.9 Å². The number of aromatic hydroxyl groups is 1. The van der Waals surface area contributed by atoms with E-state index in [0.29, 0.717) is 12.1 Å². The Morgan fingerprint density at radius 1 is 1.24 bits per heavy atom. The van der Waals surface area contributed by atoms with Crippen LogP contribution in [0.2, 0.25) is 0 Å². The summed E-state index contributed by atoms with van der Waals surface area (Å²) >= 11 is 0. The fraction of sp³-hybridized carbons (Fsp3) is 0.125. The second kappa shape index (κ2) is 7.08. The summed E-state index contributed by atoms with van der Waals surface area (Å²) in [6.45, 7) is 0.0408. The van der Waals surface area contributed by atoms with Gasteiger partial charge in [0, 0.05) is 23.9 Å². The molecule has 5 nitrogen and oxygen atoms in total. The van der Waals surface area contributed by atoms with E-state index in [-0.39, 0.29) is 23.8 Å². The number of rotatable bonds is 3. The van der Waals surface area contributed by atoms with Gasteiger partial charge in [-0.1, -0.05) is 11.8 Å². The molecule has 3 N–H and O–H groups in total. The lowest BCUT2D eigenvalue weighted by Crippen LogP contribution is -2.11. The van der Waals surface area contributed by atoms with Crippen LogP contribution in [0.1, 0.15) is 22.3 Å². The van der Waals surface area contributed by atoms with E-state index in [1.54, 1.807) is 24.3 Å².